The summed E-state index contributed by atoms with van der Waals surface area (Å²) in [5, 5.41) is 7.90. The summed E-state index contributed by atoms with van der Waals surface area (Å²) in [6, 6.07) is 10.7. The van der Waals surface area contributed by atoms with E-state index in [2.05, 4.69) is 67.0 Å². The fourth-order valence-corrected chi connectivity index (χ4v) is 5.29. The summed E-state index contributed by atoms with van der Waals surface area (Å²) >= 11 is 0. The number of hydrogen-bond acceptors (Lipinski definition) is 6. The third-order valence-corrected chi connectivity index (χ3v) is 10.0. The Hall–Kier alpha value is -2.36. The molecule has 0 spiro atoms. The molecule has 0 saturated heterocycles. The molecule has 0 heterocycles. The second kappa shape index (κ2) is 16.3. The summed E-state index contributed by atoms with van der Waals surface area (Å²) in [5.41, 5.74) is 2.66. The average molecular weight is 475 g/mol. The van der Waals surface area contributed by atoms with Crippen LogP contribution in [0.25, 0.3) is 0 Å². The molecule has 0 atom stereocenters. The van der Waals surface area contributed by atoms with Crippen molar-refractivity contribution in [2.24, 2.45) is 0 Å². The maximum atomic E-state index is 10.1. The number of aryl methyl sites for hydroxylation is 2. The summed E-state index contributed by atoms with van der Waals surface area (Å²) < 4.78 is 22.0. The van der Waals surface area contributed by atoms with Gasteiger partial charge in [0.2, 0.25) is 5.78 Å². The summed E-state index contributed by atoms with van der Waals surface area (Å²) in [6.07, 6.45) is 3.57. The fraction of sp³-hybridized carbons (Fsp3) is 0.458. The van der Waals surface area contributed by atoms with Gasteiger partial charge in [-0.05, 0) is 60.9 Å². The molecule has 6 nitrogen and oxygen atoms in total. The van der Waals surface area contributed by atoms with E-state index in [0.29, 0.717) is 0 Å². The van der Waals surface area contributed by atoms with Crippen LogP contribution in [0.15, 0.2) is 24.3 Å². The van der Waals surface area contributed by atoms with Gasteiger partial charge in [-0.2, -0.15) is 0 Å². The number of rotatable bonds is 10. The lowest BCUT2D eigenvalue weighted by molar-refractivity contribution is -0.111. The van der Waals surface area contributed by atoms with Gasteiger partial charge in [0, 0.05) is 53.2 Å². The lowest BCUT2D eigenvalue weighted by Crippen LogP contribution is -2.43. The minimum Gasteiger partial charge on any atom is -0.461 e. The van der Waals surface area contributed by atoms with Gasteiger partial charge in [-0.1, -0.05) is 24.3 Å². The smallest absolute Gasteiger partial charge is 0.461 e. The molecule has 174 valence electrons. The predicted octanol–water partition coefficient (Wildman–Crippen LogP) is 3.42. The Morgan fingerprint density at radius 3 is 1.69 bits per heavy atom. The van der Waals surface area contributed by atoms with Gasteiger partial charge >= 0.3 is 8.80 Å². The van der Waals surface area contributed by atoms with E-state index in [-0.39, 0.29) is 5.78 Å². The maximum Gasteiger partial charge on any atom is 0.500 e. The van der Waals surface area contributed by atoms with Crippen LogP contribution in [-0.4, -0.2) is 56.5 Å². The standard InChI is InChI=1S/C16H30O4Si2.C8H4O2/c1-17-21(5,6)13-11-15-7-9-16(10-8-15)12-14-22(18-2,19-3)20-4;1-8(10)6-4-2-3-5-7-9/h7-10H,11-14H2,1-6H3;9H,1H3. The maximum absolute atomic E-state index is 10.1. The van der Waals surface area contributed by atoms with E-state index in [4.69, 9.17) is 22.8 Å². The molecule has 8 heteroatoms. The molecular formula is C24H34O6Si2. The molecule has 0 unspecified atom stereocenters. The van der Waals surface area contributed by atoms with Crippen LogP contribution in [0, 0.1) is 35.7 Å². The second-order valence-corrected chi connectivity index (χ2v) is 14.9. The molecule has 32 heavy (non-hydrogen) atoms. The van der Waals surface area contributed by atoms with Crippen molar-refractivity contribution in [3.63, 3.8) is 0 Å². The van der Waals surface area contributed by atoms with Gasteiger partial charge in [0.1, 0.15) is 6.11 Å². The van der Waals surface area contributed by atoms with E-state index in [0.717, 1.165) is 24.9 Å². The Balaban J connectivity index is 0.000000809. The van der Waals surface area contributed by atoms with Crippen molar-refractivity contribution in [1.29, 1.82) is 0 Å². The van der Waals surface area contributed by atoms with Crippen LogP contribution in [0.2, 0.25) is 25.2 Å². The first-order valence-corrected chi connectivity index (χ1v) is 15.2. The Bertz CT molecular complexity index is 865. The Morgan fingerprint density at radius 1 is 0.812 bits per heavy atom. The zero-order valence-corrected chi connectivity index (χ0v) is 22.1. The van der Waals surface area contributed by atoms with E-state index < -0.39 is 17.1 Å². The third kappa shape index (κ3) is 13.1. The van der Waals surface area contributed by atoms with Gasteiger partial charge in [0.15, 0.2) is 8.32 Å². The van der Waals surface area contributed by atoms with Crippen molar-refractivity contribution in [1.82, 2.24) is 0 Å². The molecule has 0 amide bonds. The van der Waals surface area contributed by atoms with Gasteiger partial charge in [-0.25, -0.2) is 0 Å². The summed E-state index contributed by atoms with van der Waals surface area (Å²) in [6.45, 7) is 5.85. The van der Waals surface area contributed by atoms with Crippen LogP contribution in [0.1, 0.15) is 18.1 Å². The van der Waals surface area contributed by atoms with E-state index in [9.17, 15) is 4.79 Å². The highest BCUT2D eigenvalue weighted by atomic mass is 28.4. The lowest BCUT2D eigenvalue weighted by Gasteiger charge is -2.24. The van der Waals surface area contributed by atoms with Gasteiger partial charge in [-0.3, -0.25) is 4.79 Å². The topological polar surface area (TPSA) is 74.2 Å². The van der Waals surface area contributed by atoms with Crippen molar-refractivity contribution < 1.29 is 27.6 Å². The molecule has 1 aromatic rings. The molecule has 0 saturated carbocycles. The number of carbonyl (C=O) groups is 1. The molecular weight excluding hydrogens is 440 g/mol. The molecule has 0 aliphatic heterocycles. The quantitative estimate of drug-likeness (QED) is 0.318. The number of carbonyl (C=O) groups excluding carboxylic acids is 1. The van der Waals surface area contributed by atoms with E-state index in [1.165, 1.54) is 18.1 Å². The first-order chi connectivity index (χ1) is 15.2. The molecule has 0 aliphatic rings. The largest absolute Gasteiger partial charge is 0.500 e. The van der Waals surface area contributed by atoms with Crippen molar-refractivity contribution in [2.75, 3.05) is 28.4 Å². The number of Topliss-reactive ketones (excluding diaryl/α,β-unsaturated/α-hetero) is 1. The summed E-state index contributed by atoms with van der Waals surface area (Å²) in [7, 11) is 2.85. The fourth-order valence-electron chi connectivity index (χ4n) is 2.48. The number of aliphatic hydroxyl groups excluding tert-OH is 1. The van der Waals surface area contributed by atoms with Crippen LogP contribution >= 0.6 is 0 Å². The number of aliphatic hydroxyl groups is 1. The van der Waals surface area contributed by atoms with Gasteiger partial charge in [0.05, 0.1) is 0 Å². The van der Waals surface area contributed by atoms with Gasteiger partial charge < -0.3 is 22.8 Å². The van der Waals surface area contributed by atoms with Gasteiger partial charge in [0.25, 0.3) is 0 Å². The molecule has 0 aromatic heterocycles. The number of hydrogen-bond donors (Lipinski definition) is 1. The molecule has 0 aliphatic carbocycles. The highest BCUT2D eigenvalue weighted by Gasteiger charge is 2.37. The second-order valence-electron chi connectivity index (χ2n) is 7.37. The highest BCUT2D eigenvalue weighted by molar-refractivity contribution is 6.71. The Labute approximate surface area is 195 Å². The molecule has 1 N–H and O–H groups in total. The normalized spacial score (nSPS) is 10.2. The monoisotopic (exact) mass is 474 g/mol. The highest BCUT2D eigenvalue weighted by Crippen LogP contribution is 2.19. The zero-order valence-electron chi connectivity index (χ0n) is 20.1. The van der Waals surface area contributed by atoms with E-state index >= 15 is 0 Å². The minimum atomic E-state index is -2.47. The first kappa shape index (κ1) is 29.6. The van der Waals surface area contributed by atoms with Gasteiger partial charge in [-0.15, -0.1) is 0 Å². The number of benzene rings is 1. The lowest BCUT2D eigenvalue weighted by atomic mass is 10.1. The molecule has 1 rings (SSSR count). The van der Waals surface area contributed by atoms with Crippen LogP contribution < -0.4 is 0 Å². The van der Waals surface area contributed by atoms with E-state index in [1.54, 1.807) is 27.4 Å². The Kier molecular flexibility index (Phi) is 15.1. The number of ketones is 1. The van der Waals surface area contributed by atoms with Crippen molar-refractivity contribution in [2.45, 2.75) is 44.9 Å². The SMILES string of the molecule is CC(=O)C#CC#CC#CO.CO[Si](C)(C)CCc1ccc(CC[Si](OC)(OC)OC)cc1. The summed E-state index contributed by atoms with van der Waals surface area (Å²) in [4.78, 5) is 10.1. The van der Waals surface area contributed by atoms with Crippen LogP contribution in [0.4, 0.5) is 0 Å². The predicted molar refractivity (Wildman–Crippen MR) is 131 cm³/mol. The average Bonchev–Trinajstić information content (AvgIpc) is 2.80. The molecule has 0 radical (unpaired) electrons. The minimum absolute atomic E-state index is 0.244. The van der Waals surface area contributed by atoms with Crippen LogP contribution in [-0.2, 0) is 35.3 Å². The van der Waals surface area contributed by atoms with E-state index in [1.807, 2.05) is 7.11 Å². The van der Waals surface area contributed by atoms with Crippen LogP contribution in [0.3, 0.4) is 0 Å². The Morgan fingerprint density at radius 2 is 1.28 bits per heavy atom. The molecule has 0 fully saturated rings. The molecule has 0 bridgehead atoms. The molecule has 1 aromatic carbocycles. The first-order valence-electron chi connectivity index (χ1n) is 10.1. The van der Waals surface area contributed by atoms with Crippen molar-refractivity contribution in [3.05, 3.63) is 35.4 Å². The van der Waals surface area contributed by atoms with Crippen LogP contribution in [0.5, 0.6) is 0 Å². The third-order valence-electron chi connectivity index (χ3n) is 4.73. The summed E-state index contributed by atoms with van der Waals surface area (Å²) in [5.74, 6) is 10.7. The van der Waals surface area contributed by atoms with Crippen molar-refractivity contribution >= 4 is 22.9 Å². The zero-order chi connectivity index (χ0) is 24.5. The van der Waals surface area contributed by atoms with Crippen molar-refractivity contribution in [3.8, 4) is 35.7 Å².